The Morgan fingerprint density at radius 2 is 2.04 bits per heavy atom. The van der Waals surface area contributed by atoms with E-state index in [0.717, 1.165) is 30.1 Å². The lowest BCUT2D eigenvalue weighted by Gasteiger charge is -2.23. The monoisotopic (exact) mass is 310 g/mol. The topological polar surface area (TPSA) is 63.7 Å². The van der Waals surface area contributed by atoms with Crippen LogP contribution in [0.25, 0.3) is 0 Å². The SMILES string of the molecule is CCOc1ccc(C2CC(CCN)=NN2c2ccccn2)cc1. The fourth-order valence-corrected chi connectivity index (χ4v) is 2.80. The second-order valence-corrected chi connectivity index (χ2v) is 5.46. The van der Waals surface area contributed by atoms with Gasteiger partial charge in [0.15, 0.2) is 0 Å². The molecule has 0 saturated carbocycles. The van der Waals surface area contributed by atoms with Crippen molar-refractivity contribution >= 4 is 11.5 Å². The molecule has 0 bridgehead atoms. The predicted molar refractivity (Wildman–Crippen MR) is 92.8 cm³/mol. The Morgan fingerprint density at radius 3 is 2.70 bits per heavy atom. The quantitative estimate of drug-likeness (QED) is 0.890. The molecule has 0 fully saturated rings. The number of hydrogen-bond donors (Lipinski definition) is 1. The first-order valence-corrected chi connectivity index (χ1v) is 8.01. The number of nitrogens with two attached hydrogens (primary N) is 1. The molecule has 120 valence electrons. The summed E-state index contributed by atoms with van der Waals surface area (Å²) in [7, 11) is 0. The van der Waals surface area contributed by atoms with Crippen LogP contribution in [0.3, 0.4) is 0 Å². The Labute approximate surface area is 136 Å². The molecule has 5 nitrogen and oxygen atoms in total. The molecular weight excluding hydrogens is 288 g/mol. The van der Waals surface area contributed by atoms with E-state index in [1.807, 2.05) is 42.3 Å². The number of hydrazone groups is 1. The van der Waals surface area contributed by atoms with Gasteiger partial charge in [-0.05, 0) is 49.7 Å². The Balaban J connectivity index is 1.87. The first-order valence-electron chi connectivity index (χ1n) is 8.01. The molecule has 0 radical (unpaired) electrons. The van der Waals surface area contributed by atoms with Crippen molar-refractivity contribution in [2.24, 2.45) is 10.8 Å². The highest BCUT2D eigenvalue weighted by atomic mass is 16.5. The van der Waals surface area contributed by atoms with Crippen molar-refractivity contribution in [1.29, 1.82) is 0 Å². The molecule has 0 spiro atoms. The van der Waals surface area contributed by atoms with Gasteiger partial charge in [-0.3, -0.25) is 0 Å². The highest BCUT2D eigenvalue weighted by Gasteiger charge is 2.29. The number of benzene rings is 1. The maximum absolute atomic E-state index is 5.70. The van der Waals surface area contributed by atoms with E-state index in [2.05, 4.69) is 17.1 Å². The van der Waals surface area contributed by atoms with Gasteiger partial charge in [0.2, 0.25) is 0 Å². The summed E-state index contributed by atoms with van der Waals surface area (Å²) in [6.07, 6.45) is 3.49. The zero-order valence-electron chi connectivity index (χ0n) is 13.4. The third-order valence-corrected chi connectivity index (χ3v) is 3.87. The number of hydrogen-bond acceptors (Lipinski definition) is 5. The standard InChI is InChI=1S/C18H22N4O/c1-2-23-16-8-6-14(7-9-16)17-13-15(10-11-19)21-22(17)18-5-3-4-12-20-18/h3-9,12,17H,2,10-11,13,19H2,1H3. The zero-order valence-corrected chi connectivity index (χ0v) is 13.4. The molecule has 1 aromatic heterocycles. The highest BCUT2D eigenvalue weighted by molar-refractivity contribution is 5.88. The molecule has 1 aliphatic heterocycles. The number of rotatable bonds is 6. The van der Waals surface area contributed by atoms with Gasteiger partial charge in [-0.1, -0.05) is 18.2 Å². The van der Waals surface area contributed by atoms with Gasteiger partial charge >= 0.3 is 0 Å². The molecule has 1 aromatic carbocycles. The van der Waals surface area contributed by atoms with Crippen LogP contribution in [0.2, 0.25) is 0 Å². The fraction of sp³-hybridized carbons (Fsp3) is 0.333. The molecule has 1 atom stereocenters. The number of anilines is 1. The first kappa shape index (κ1) is 15.5. The number of aromatic nitrogens is 1. The smallest absolute Gasteiger partial charge is 0.149 e. The van der Waals surface area contributed by atoms with Crippen molar-refractivity contribution in [2.45, 2.75) is 25.8 Å². The normalized spacial score (nSPS) is 17.2. The third-order valence-electron chi connectivity index (χ3n) is 3.87. The van der Waals surface area contributed by atoms with Crippen LogP contribution < -0.4 is 15.5 Å². The molecule has 0 saturated heterocycles. The lowest BCUT2D eigenvalue weighted by Crippen LogP contribution is -2.19. The van der Waals surface area contributed by atoms with Crippen molar-refractivity contribution in [3.8, 4) is 5.75 Å². The molecule has 1 aliphatic rings. The first-order chi connectivity index (χ1) is 11.3. The second-order valence-electron chi connectivity index (χ2n) is 5.46. The van der Waals surface area contributed by atoms with Gasteiger partial charge in [-0.15, -0.1) is 0 Å². The van der Waals surface area contributed by atoms with E-state index < -0.39 is 0 Å². The summed E-state index contributed by atoms with van der Waals surface area (Å²) < 4.78 is 5.52. The minimum atomic E-state index is 0.155. The molecule has 2 N–H and O–H groups in total. The minimum absolute atomic E-state index is 0.155. The summed E-state index contributed by atoms with van der Waals surface area (Å²) in [5.41, 5.74) is 8.02. The Kier molecular flexibility index (Phi) is 4.88. The summed E-state index contributed by atoms with van der Waals surface area (Å²) in [4.78, 5) is 4.44. The van der Waals surface area contributed by atoms with E-state index in [9.17, 15) is 0 Å². The summed E-state index contributed by atoms with van der Waals surface area (Å²) in [5.74, 6) is 1.75. The molecule has 1 unspecified atom stereocenters. The molecule has 0 aliphatic carbocycles. The van der Waals surface area contributed by atoms with Gasteiger partial charge in [-0.25, -0.2) is 9.99 Å². The molecule has 0 amide bonds. The zero-order chi connectivity index (χ0) is 16.1. The van der Waals surface area contributed by atoms with Crippen LogP contribution in [0.5, 0.6) is 5.75 Å². The van der Waals surface area contributed by atoms with Crippen LogP contribution in [0, 0.1) is 0 Å². The minimum Gasteiger partial charge on any atom is -0.494 e. The lowest BCUT2D eigenvalue weighted by atomic mass is 10.0. The van der Waals surface area contributed by atoms with Crippen LogP contribution in [0.1, 0.15) is 31.4 Å². The molecule has 23 heavy (non-hydrogen) atoms. The van der Waals surface area contributed by atoms with Gasteiger partial charge in [0.1, 0.15) is 11.6 Å². The van der Waals surface area contributed by atoms with E-state index in [1.54, 1.807) is 6.20 Å². The Morgan fingerprint density at radius 1 is 1.22 bits per heavy atom. The van der Waals surface area contributed by atoms with Gasteiger partial charge in [0.05, 0.1) is 12.6 Å². The van der Waals surface area contributed by atoms with Gasteiger partial charge < -0.3 is 10.5 Å². The summed E-state index contributed by atoms with van der Waals surface area (Å²) in [6, 6.07) is 14.3. The summed E-state index contributed by atoms with van der Waals surface area (Å²) >= 11 is 0. The van der Waals surface area contributed by atoms with Gasteiger partial charge in [0.25, 0.3) is 0 Å². The van der Waals surface area contributed by atoms with Crippen LogP contribution in [-0.2, 0) is 0 Å². The van der Waals surface area contributed by atoms with Crippen molar-refractivity contribution in [1.82, 2.24) is 4.98 Å². The van der Waals surface area contributed by atoms with Gasteiger partial charge in [0, 0.05) is 18.3 Å². The Hall–Kier alpha value is -2.40. The molecule has 2 aromatic rings. The molecule has 2 heterocycles. The average Bonchev–Trinajstić information content (AvgIpc) is 3.01. The van der Waals surface area contributed by atoms with Crippen LogP contribution in [0.4, 0.5) is 5.82 Å². The van der Waals surface area contributed by atoms with E-state index in [1.165, 1.54) is 5.56 Å². The number of pyridine rings is 1. The van der Waals surface area contributed by atoms with E-state index in [4.69, 9.17) is 15.6 Å². The third kappa shape index (κ3) is 3.51. The number of nitrogens with zero attached hydrogens (tertiary/aromatic N) is 3. The highest BCUT2D eigenvalue weighted by Crippen LogP contribution is 2.35. The van der Waals surface area contributed by atoms with Crippen molar-refractivity contribution in [3.63, 3.8) is 0 Å². The fourth-order valence-electron chi connectivity index (χ4n) is 2.80. The van der Waals surface area contributed by atoms with Crippen LogP contribution >= 0.6 is 0 Å². The summed E-state index contributed by atoms with van der Waals surface area (Å²) in [5, 5.41) is 6.74. The van der Waals surface area contributed by atoms with E-state index in [0.29, 0.717) is 13.2 Å². The number of ether oxygens (including phenoxy) is 1. The maximum Gasteiger partial charge on any atom is 0.149 e. The van der Waals surface area contributed by atoms with Crippen molar-refractivity contribution < 1.29 is 4.74 Å². The van der Waals surface area contributed by atoms with Crippen molar-refractivity contribution in [2.75, 3.05) is 18.2 Å². The second kappa shape index (κ2) is 7.24. The van der Waals surface area contributed by atoms with Crippen LogP contribution in [0.15, 0.2) is 53.8 Å². The predicted octanol–water partition coefficient (Wildman–Crippen LogP) is 3.14. The van der Waals surface area contributed by atoms with Gasteiger partial charge in [-0.2, -0.15) is 5.10 Å². The molecular formula is C18H22N4O. The van der Waals surface area contributed by atoms with E-state index >= 15 is 0 Å². The summed E-state index contributed by atoms with van der Waals surface area (Å²) in [6.45, 7) is 3.28. The Bertz CT molecular complexity index is 654. The van der Waals surface area contributed by atoms with Crippen LogP contribution in [-0.4, -0.2) is 23.8 Å². The molecule has 5 heteroatoms. The molecule has 3 rings (SSSR count). The van der Waals surface area contributed by atoms with E-state index in [-0.39, 0.29) is 6.04 Å². The van der Waals surface area contributed by atoms with Crippen molar-refractivity contribution in [3.05, 3.63) is 54.2 Å². The lowest BCUT2D eigenvalue weighted by molar-refractivity contribution is 0.340. The average molecular weight is 310 g/mol. The largest absolute Gasteiger partial charge is 0.494 e. The maximum atomic E-state index is 5.70.